The summed E-state index contributed by atoms with van der Waals surface area (Å²) in [5.74, 6) is -2.55. The Bertz CT molecular complexity index is 1050. The number of unbranched alkanes of at least 4 members (excludes halogenated alkanes) is 1. The number of hydrogen-bond donors (Lipinski definition) is 6. The molecule has 11 nitrogen and oxygen atoms in total. The second-order valence-corrected chi connectivity index (χ2v) is 8.82. The van der Waals surface area contributed by atoms with E-state index in [0.29, 0.717) is 32.4 Å². The largest absolute Gasteiger partial charge is 0.480 e. The van der Waals surface area contributed by atoms with Crippen molar-refractivity contribution in [2.75, 3.05) is 19.6 Å². The van der Waals surface area contributed by atoms with Crippen LogP contribution < -0.4 is 22.1 Å². The number of aromatic nitrogens is 1. The minimum atomic E-state index is -1.19. The van der Waals surface area contributed by atoms with Gasteiger partial charge in [0.1, 0.15) is 18.6 Å². The van der Waals surface area contributed by atoms with Crippen LogP contribution in [0.15, 0.2) is 30.5 Å². The van der Waals surface area contributed by atoms with Gasteiger partial charge in [0.2, 0.25) is 17.7 Å². The highest BCUT2D eigenvalue weighted by Crippen LogP contribution is 2.21. The molecule has 8 N–H and O–H groups in total. The number of carboxylic acids is 1. The number of carboxylic acid groups (broad SMARTS) is 1. The van der Waals surface area contributed by atoms with Crippen molar-refractivity contribution in [2.45, 2.75) is 56.7 Å². The quantitative estimate of drug-likeness (QED) is 0.225. The molecular formula is C24H34N6O5. The second-order valence-electron chi connectivity index (χ2n) is 8.82. The van der Waals surface area contributed by atoms with E-state index < -0.39 is 42.5 Å². The van der Waals surface area contributed by atoms with Gasteiger partial charge in [0, 0.05) is 30.1 Å². The van der Waals surface area contributed by atoms with Crippen LogP contribution in [-0.2, 0) is 25.6 Å². The maximum atomic E-state index is 13.2. The van der Waals surface area contributed by atoms with E-state index >= 15 is 0 Å². The number of fused-ring (bicyclic) bond motifs is 1. The highest BCUT2D eigenvalue weighted by atomic mass is 16.4. The van der Waals surface area contributed by atoms with Crippen LogP contribution in [0.4, 0.5) is 0 Å². The molecule has 0 spiro atoms. The van der Waals surface area contributed by atoms with Gasteiger partial charge < -0.3 is 37.1 Å². The van der Waals surface area contributed by atoms with Gasteiger partial charge in [-0.25, -0.2) is 0 Å². The summed E-state index contributed by atoms with van der Waals surface area (Å²) in [6.07, 6.45) is 5.01. The first-order valence-corrected chi connectivity index (χ1v) is 11.9. The molecule has 2 aromatic rings. The molecule has 3 unspecified atom stereocenters. The van der Waals surface area contributed by atoms with Crippen LogP contribution in [0.5, 0.6) is 0 Å². The van der Waals surface area contributed by atoms with E-state index in [1.165, 1.54) is 4.90 Å². The van der Waals surface area contributed by atoms with Crippen molar-refractivity contribution >= 4 is 34.6 Å². The number of carbonyl (C=O) groups is 4. The van der Waals surface area contributed by atoms with Gasteiger partial charge in [-0.2, -0.15) is 0 Å². The summed E-state index contributed by atoms with van der Waals surface area (Å²) >= 11 is 0. The van der Waals surface area contributed by atoms with Crippen molar-refractivity contribution in [3.63, 3.8) is 0 Å². The number of likely N-dealkylation sites (tertiary alicyclic amines) is 1. The van der Waals surface area contributed by atoms with Crippen LogP contribution >= 0.6 is 0 Å². The molecule has 190 valence electrons. The fraction of sp³-hybridized carbons (Fsp3) is 0.500. The summed E-state index contributed by atoms with van der Waals surface area (Å²) < 4.78 is 0. The molecule has 3 amide bonds. The number of aliphatic carboxylic acids is 1. The Morgan fingerprint density at radius 2 is 1.97 bits per heavy atom. The standard InChI is InChI=1S/C24H34N6O5/c25-10-4-3-7-17(26)24(35)30-11-5-9-20(30)23(34)29-19(22(33)28-14-21(31)32)12-15-13-27-18-8-2-1-6-16(15)18/h1-2,6,8,13,17,19-20,27H,3-5,7,9-12,14,25-26H2,(H,28,33)(H,29,34)(H,31,32). The van der Waals surface area contributed by atoms with Crippen LogP contribution in [0, 0.1) is 0 Å². The van der Waals surface area contributed by atoms with Crippen molar-refractivity contribution in [1.29, 1.82) is 0 Å². The number of H-pyrrole nitrogens is 1. The van der Waals surface area contributed by atoms with Crippen molar-refractivity contribution < 1.29 is 24.3 Å². The number of nitrogens with zero attached hydrogens (tertiary/aromatic N) is 1. The topological polar surface area (TPSA) is 184 Å². The minimum Gasteiger partial charge on any atom is -0.480 e. The number of rotatable bonds is 12. The number of aromatic amines is 1. The molecule has 1 saturated heterocycles. The summed E-state index contributed by atoms with van der Waals surface area (Å²) in [5.41, 5.74) is 13.3. The molecule has 1 aliphatic heterocycles. The van der Waals surface area contributed by atoms with Gasteiger partial charge in [0.05, 0.1) is 6.04 Å². The van der Waals surface area contributed by atoms with Crippen molar-refractivity contribution in [3.8, 4) is 0 Å². The Kier molecular flexibility index (Phi) is 9.21. The molecule has 1 aliphatic rings. The zero-order valence-electron chi connectivity index (χ0n) is 19.7. The molecule has 0 radical (unpaired) electrons. The van der Waals surface area contributed by atoms with Crippen molar-refractivity contribution in [3.05, 3.63) is 36.0 Å². The summed E-state index contributed by atoms with van der Waals surface area (Å²) in [6, 6.07) is 5.09. The number of nitrogens with one attached hydrogen (secondary N) is 3. The summed E-state index contributed by atoms with van der Waals surface area (Å²) in [4.78, 5) is 54.5. The maximum Gasteiger partial charge on any atom is 0.322 e. The van der Waals surface area contributed by atoms with Crippen molar-refractivity contribution in [2.24, 2.45) is 11.5 Å². The summed E-state index contributed by atoms with van der Waals surface area (Å²) in [6.45, 7) is 0.377. The highest BCUT2D eigenvalue weighted by molar-refractivity contribution is 5.94. The Balaban J connectivity index is 1.73. The number of nitrogens with two attached hydrogens (primary N) is 2. The third kappa shape index (κ3) is 6.80. The minimum absolute atomic E-state index is 0.153. The molecule has 1 aromatic carbocycles. The number of benzene rings is 1. The average molecular weight is 487 g/mol. The Labute approximate surface area is 203 Å². The third-order valence-electron chi connectivity index (χ3n) is 6.27. The molecule has 0 bridgehead atoms. The zero-order valence-corrected chi connectivity index (χ0v) is 19.7. The number of carbonyl (C=O) groups excluding carboxylic acids is 3. The van der Waals surface area contributed by atoms with E-state index in [-0.39, 0.29) is 12.3 Å². The molecule has 3 atom stereocenters. The normalized spacial score (nSPS) is 17.2. The van der Waals surface area contributed by atoms with Gasteiger partial charge in [-0.3, -0.25) is 19.2 Å². The summed E-state index contributed by atoms with van der Waals surface area (Å²) in [5, 5.41) is 15.0. The van der Waals surface area contributed by atoms with Crippen LogP contribution in [-0.4, -0.2) is 76.4 Å². The van der Waals surface area contributed by atoms with Crippen LogP contribution in [0.25, 0.3) is 10.9 Å². The summed E-state index contributed by atoms with van der Waals surface area (Å²) in [7, 11) is 0. The van der Waals surface area contributed by atoms with E-state index in [4.69, 9.17) is 16.6 Å². The van der Waals surface area contributed by atoms with E-state index in [1.54, 1.807) is 6.20 Å². The van der Waals surface area contributed by atoms with Crippen molar-refractivity contribution in [1.82, 2.24) is 20.5 Å². The Morgan fingerprint density at radius 1 is 1.20 bits per heavy atom. The lowest BCUT2D eigenvalue weighted by atomic mass is 10.0. The molecule has 0 aliphatic carbocycles. The van der Waals surface area contributed by atoms with E-state index in [0.717, 1.165) is 29.3 Å². The van der Waals surface area contributed by atoms with Gasteiger partial charge in [-0.15, -0.1) is 0 Å². The van der Waals surface area contributed by atoms with Crippen LogP contribution in [0.2, 0.25) is 0 Å². The third-order valence-corrected chi connectivity index (χ3v) is 6.27. The Hall–Kier alpha value is -3.44. The SMILES string of the molecule is NCCCCC(N)C(=O)N1CCCC1C(=O)NC(Cc1c[nH]c2ccccc12)C(=O)NCC(=O)O. The lowest BCUT2D eigenvalue weighted by Crippen LogP contribution is -2.56. The fourth-order valence-electron chi connectivity index (χ4n) is 4.43. The van der Waals surface area contributed by atoms with Gasteiger partial charge in [-0.1, -0.05) is 24.6 Å². The lowest BCUT2D eigenvalue weighted by Gasteiger charge is -2.28. The molecule has 1 fully saturated rings. The fourth-order valence-corrected chi connectivity index (χ4v) is 4.43. The molecule has 1 aromatic heterocycles. The number of para-hydroxylation sites is 1. The van der Waals surface area contributed by atoms with Gasteiger partial charge in [0.25, 0.3) is 0 Å². The smallest absolute Gasteiger partial charge is 0.322 e. The predicted octanol–water partition coefficient (Wildman–Crippen LogP) is -0.157. The van der Waals surface area contributed by atoms with Gasteiger partial charge in [-0.05, 0) is 43.9 Å². The number of hydrogen-bond acceptors (Lipinski definition) is 6. The lowest BCUT2D eigenvalue weighted by molar-refractivity contribution is -0.141. The van der Waals surface area contributed by atoms with Gasteiger partial charge in [0.15, 0.2) is 0 Å². The van der Waals surface area contributed by atoms with Crippen LogP contribution in [0.1, 0.15) is 37.7 Å². The number of amides is 3. The molecular weight excluding hydrogens is 452 g/mol. The Morgan fingerprint density at radius 3 is 2.71 bits per heavy atom. The first-order chi connectivity index (χ1) is 16.8. The molecule has 11 heteroatoms. The van der Waals surface area contributed by atoms with E-state index in [2.05, 4.69) is 15.6 Å². The molecule has 3 rings (SSSR count). The monoisotopic (exact) mass is 486 g/mol. The molecule has 2 heterocycles. The maximum absolute atomic E-state index is 13.2. The first kappa shape index (κ1) is 26.2. The van der Waals surface area contributed by atoms with E-state index in [1.807, 2.05) is 24.3 Å². The average Bonchev–Trinajstić information content (AvgIpc) is 3.49. The second kappa shape index (κ2) is 12.3. The highest BCUT2D eigenvalue weighted by Gasteiger charge is 2.37. The van der Waals surface area contributed by atoms with E-state index in [9.17, 15) is 19.2 Å². The molecule has 0 saturated carbocycles. The zero-order chi connectivity index (χ0) is 25.4. The first-order valence-electron chi connectivity index (χ1n) is 11.9. The van der Waals surface area contributed by atoms with Gasteiger partial charge >= 0.3 is 5.97 Å². The molecule has 35 heavy (non-hydrogen) atoms. The van der Waals surface area contributed by atoms with Crippen LogP contribution in [0.3, 0.4) is 0 Å². The predicted molar refractivity (Wildman–Crippen MR) is 130 cm³/mol.